The van der Waals surface area contributed by atoms with Gasteiger partial charge in [0, 0.05) is 18.5 Å². The van der Waals surface area contributed by atoms with Crippen molar-refractivity contribution >= 4 is 0 Å². The van der Waals surface area contributed by atoms with Gasteiger partial charge in [0.25, 0.3) is 0 Å². The van der Waals surface area contributed by atoms with Crippen LogP contribution in [-0.2, 0) is 6.42 Å². The van der Waals surface area contributed by atoms with Crippen LogP contribution >= 0.6 is 0 Å². The molecule has 102 valence electrons. The molecule has 1 fully saturated rings. The number of nitrogens with zero attached hydrogens (tertiary/aromatic N) is 1. The minimum Gasteiger partial charge on any atom is -0.469 e. The van der Waals surface area contributed by atoms with Gasteiger partial charge in [-0.15, -0.1) is 0 Å². The Morgan fingerprint density at radius 2 is 2.22 bits per heavy atom. The fourth-order valence-corrected chi connectivity index (χ4v) is 2.74. The maximum atomic E-state index is 5.43. The molecule has 1 unspecified atom stereocenters. The smallest absolute Gasteiger partial charge is 0.105 e. The second-order valence-electron chi connectivity index (χ2n) is 5.40. The first-order chi connectivity index (χ1) is 8.79. The Morgan fingerprint density at radius 3 is 2.83 bits per heavy atom. The van der Waals surface area contributed by atoms with Gasteiger partial charge in [-0.25, -0.2) is 0 Å². The highest BCUT2D eigenvalue weighted by Crippen LogP contribution is 2.16. The largest absolute Gasteiger partial charge is 0.469 e. The molecule has 1 aliphatic rings. The van der Waals surface area contributed by atoms with E-state index in [0.29, 0.717) is 6.04 Å². The fraction of sp³-hybridized carbons (Fsp3) is 0.733. The molecule has 0 saturated carbocycles. The molecule has 18 heavy (non-hydrogen) atoms. The van der Waals surface area contributed by atoms with Gasteiger partial charge < -0.3 is 14.6 Å². The molecule has 0 spiro atoms. The molecule has 3 heteroatoms. The van der Waals surface area contributed by atoms with Gasteiger partial charge in [0.05, 0.1) is 6.26 Å². The molecular formula is C15H26N2O. The summed E-state index contributed by atoms with van der Waals surface area (Å²) in [6, 6.07) is 5.37. The van der Waals surface area contributed by atoms with Gasteiger partial charge >= 0.3 is 0 Å². The van der Waals surface area contributed by atoms with Crippen LogP contribution in [-0.4, -0.2) is 36.6 Å². The number of hydrogen-bond acceptors (Lipinski definition) is 3. The molecule has 0 radical (unpaired) electrons. The van der Waals surface area contributed by atoms with E-state index >= 15 is 0 Å². The summed E-state index contributed by atoms with van der Waals surface area (Å²) in [5.41, 5.74) is 0. The van der Waals surface area contributed by atoms with Gasteiger partial charge in [0.15, 0.2) is 0 Å². The third-order valence-electron chi connectivity index (χ3n) is 3.91. The van der Waals surface area contributed by atoms with Crippen LogP contribution < -0.4 is 5.32 Å². The van der Waals surface area contributed by atoms with Crippen molar-refractivity contribution < 1.29 is 4.42 Å². The summed E-state index contributed by atoms with van der Waals surface area (Å²) in [7, 11) is 0. The van der Waals surface area contributed by atoms with E-state index < -0.39 is 0 Å². The lowest BCUT2D eigenvalue weighted by molar-refractivity contribution is 0.148. The van der Waals surface area contributed by atoms with Crippen LogP contribution in [0.15, 0.2) is 22.8 Å². The number of likely N-dealkylation sites (tertiary alicyclic amines) is 1. The molecule has 1 aliphatic heterocycles. The Balaban J connectivity index is 1.72. The van der Waals surface area contributed by atoms with E-state index in [0.717, 1.165) is 24.8 Å². The Kier molecular flexibility index (Phi) is 5.26. The Hall–Kier alpha value is -0.800. The van der Waals surface area contributed by atoms with Crippen molar-refractivity contribution in [3.63, 3.8) is 0 Å². The van der Waals surface area contributed by atoms with Gasteiger partial charge in [0.1, 0.15) is 5.76 Å². The topological polar surface area (TPSA) is 28.4 Å². The molecule has 0 aliphatic carbocycles. The van der Waals surface area contributed by atoms with E-state index in [2.05, 4.69) is 30.1 Å². The lowest BCUT2D eigenvalue weighted by Crippen LogP contribution is -2.46. The Bertz CT molecular complexity index is 315. The predicted molar refractivity (Wildman–Crippen MR) is 74.8 cm³/mol. The first kappa shape index (κ1) is 13.6. The second kappa shape index (κ2) is 6.95. The molecule has 0 amide bonds. The number of piperidine rings is 1. The average Bonchev–Trinajstić information content (AvgIpc) is 2.89. The number of furan rings is 1. The summed E-state index contributed by atoms with van der Waals surface area (Å²) in [5, 5.41) is 3.63. The van der Waals surface area contributed by atoms with Crippen LogP contribution in [0.2, 0.25) is 0 Å². The van der Waals surface area contributed by atoms with E-state index in [1.807, 2.05) is 6.07 Å². The molecule has 3 nitrogen and oxygen atoms in total. The predicted octanol–water partition coefficient (Wildman–Crippen LogP) is 2.67. The van der Waals surface area contributed by atoms with Crippen LogP contribution in [0.4, 0.5) is 0 Å². The molecule has 1 aromatic rings. The summed E-state index contributed by atoms with van der Waals surface area (Å²) in [5.74, 6) is 1.11. The van der Waals surface area contributed by atoms with Crippen LogP contribution in [0.25, 0.3) is 0 Å². The standard InChI is InChI=1S/C15H26N2O/c1-3-8-16-14-6-9-17(10-7-14)13(2)12-15-5-4-11-18-15/h4-5,11,13-14,16H,3,6-10,12H2,1-2H3. The van der Waals surface area contributed by atoms with E-state index in [1.54, 1.807) is 6.26 Å². The van der Waals surface area contributed by atoms with Crippen molar-refractivity contribution in [3.05, 3.63) is 24.2 Å². The molecule has 1 atom stereocenters. The van der Waals surface area contributed by atoms with Crippen LogP contribution in [0.1, 0.15) is 38.9 Å². The van der Waals surface area contributed by atoms with Crippen molar-refractivity contribution in [2.75, 3.05) is 19.6 Å². The van der Waals surface area contributed by atoms with Gasteiger partial charge in [-0.2, -0.15) is 0 Å². The van der Waals surface area contributed by atoms with Gasteiger partial charge in [-0.1, -0.05) is 6.92 Å². The molecule has 1 aromatic heterocycles. The number of rotatable bonds is 6. The number of nitrogens with one attached hydrogen (secondary N) is 1. The van der Waals surface area contributed by atoms with E-state index in [4.69, 9.17) is 4.42 Å². The monoisotopic (exact) mass is 250 g/mol. The van der Waals surface area contributed by atoms with E-state index in [-0.39, 0.29) is 0 Å². The molecule has 1 N–H and O–H groups in total. The average molecular weight is 250 g/mol. The van der Waals surface area contributed by atoms with Crippen LogP contribution in [0.3, 0.4) is 0 Å². The fourth-order valence-electron chi connectivity index (χ4n) is 2.74. The summed E-state index contributed by atoms with van der Waals surface area (Å²) >= 11 is 0. The summed E-state index contributed by atoms with van der Waals surface area (Å²) in [4.78, 5) is 2.59. The first-order valence-corrected chi connectivity index (χ1v) is 7.29. The van der Waals surface area contributed by atoms with Crippen molar-refractivity contribution in [1.82, 2.24) is 10.2 Å². The van der Waals surface area contributed by atoms with Gasteiger partial charge in [0.2, 0.25) is 0 Å². The Labute approximate surface area is 111 Å². The second-order valence-corrected chi connectivity index (χ2v) is 5.40. The van der Waals surface area contributed by atoms with Crippen molar-refractivity contribution in [1.29, 1.82) is 0 Å². The van der Waals surface area contributed by atoms with Crippen LogP contribution in [0.5, 0.6) is 0 Å². The molecule has 0 bridgehead atoms. The van der Waals surface area contributed by atoms with Crippen molar-refractivity contribution in [2.24, 2.45) is 0 Å². The van der Waals surface area contributed by atoms with Crippen molar-refractivity contribution in [2.45, 2.75) is 51.6 Å². The molecule has 2 heterocycles. The van der Waals surface area contributed by atoms with E-state index in [9.17, 15) is 0 Å². The summed E-state index contributed by atoms with van der Waals surface area (Å²) in [6.07, 6.45) is 6.59. The third-order valence-corrected chi connectivity index (χ3v) is 3.91. The maximum Gasteiger partial charge on any atom is 0.105 e. The quantitative estimate of drug-likeness (QED) is 0.841. The van der Waals surface area contributed by atoms with Gasteiger partial charge in [-0.05, 0) is 58.0 Å². The zero-order chi connectivity index (χ0) is 12.8. The zero-order valence-corrected chi connectivity index (χ0v) is 11.7. The normalized spacial score (nSPS) is 20.1. The molecule has 0 aromatic carbocycles. The first-order valence-electron chi connectivity index (χ1n) is 7.29. The minimum absolute atomic E-state index is 0.586. The Morgan fingerprint density at radius 1 is 1.44 bits per heavy atom. The highest BCUT2D eigenvalue weighted by atomic mass is 16.3. The van der Waals surface area contributed by atoms with E-state index in [1.165, 1.54) is 32.4 Å². The highest BCUT2D eigenvalue weighted by Gasteiger charge is 2.22. The number of hydrogen-bond donors (Lipinski definition) is 1. The lowest BCUT2D eigenvalue weighted by Gasteiger charge is -2.36. The summed E-state index contributed by atoms with van der Waals surface area (Å²) < 4.78 is 5.43. The zero-order valence-electron chi connectivity index (χ0n) is 11.7. The third kappa shape index (κ3) is 3.85. The molecule has 2 rings (SSSR count). The summed E-state index contributed by atoms with van der Waals surface area (Å²) in [6.45, 7) is 8.12. The lowest BCUT2D eigenvalue weighted by atomic mass is 10.0. The minimum atomic E-state index is 0.586. The van der Waals surface area contributed by atoms with Gasteiger partial charge in [-0.3, -0.25) is 0 Å². The maximum absolute atomic E-state index is 5.43. The molecule has 1 saturated heterocycles. The van der Waals surface area contributed by atoms with Crippen molar-refractivity contribution in [3.8, 4) is 0 Å². The molecular weight excluding hydrogens is 224 g/mol. The van der Waals surface area contributed by atoms with Crippen LogP contribution in [0, 0.1) is 0 Å². The SMILES string of the molecule is CCCNC1CCN(C(C)Cc2ccco2)CC1. The highest BCUT2D eigenvalue weighted by molar-refractivity contribution is 5.00.